The number of nitrogens with one attached hydrogen (secondary N) is 2. The van der Waals surface area contributed by atoms with Gasteiger partial charge in [-0.15, -0.1) is 16.8 Å². The fourth-order valence-corrected chi connectivity index (χ4v) is 3.33. The highest BCUT2D eigenvalue weighted by Crippen LogP contribution is 2.17. The largest absolute Gasteiger partial charge is 0.416 e. The van der Waals surface area contributed by atoms with Gasteiger partial charge < -0.3 is 14.7 Å². The Bertz CT molecular complexity index is 1200. The standard InChI is InChI=1S/C20H20FN5O4S/c1-3-8-26-18(28)15(12(2)23-19(26)29)9-17-24-25-20(30-17)31-11-16(27)22-10-13-4-6-14(21)7-5-13/h3-7H,1,8-11H2,2H3,(H,22,27)(H,23,29). The lowest BCUT2D eigenvalue weighted by molar-refractivity contribution is -0.118. The molecule has 2 aromatic heterocycles. The minimum Gasteiger partial charge on any atom is -0.416 e. The lowest BCUT2D eigenvalue weighted by Gasteiger charge is -2.06. The van der Waals surface area contributed by atoms with Crippen LogP contribution in [0, 0.1) is 12.7 Å². The van der Waals surface area contributed by atoms with Crippen molar-refractivity contribution in [1.29, 1.82) is 0 Å². The van der Waals surface area contributed by atoms with E-state index in [1.54, 1.807) is 19.1 Å². The van der Waals surface area contributed by atoms with Crippen molar-refractivity contribution in [2.24, 2.45) is 0 Å². The number of thioether (sulfide) groups is 1. The second-order valence-electron chi connectivity index (χ2n) is 6.57. The number of rotatable bonds is 9. The topological polar surface area (TPSA) is 123 Å². The summed E-state index contributed by atoms with van der Waals surface area (Å²) in [5.41, 5.74) is 0.563. The SMILES string of the molecule is C=CCn1c(=O)[nH]c(C)c(Cc2nnc(SCC(=O)NCc3ccc(F)cc3)o2)c1=O. The minimum atomic E-state index is -0.514. The van der Waals surface area contributed by atoms with E-state index >= 15 is 0 Å². The lowest BCUT2D eigenvalue weighted by Crippen LogP contribution is -2.37. The van der Waals surface area contributed by atoms with Gasteiger partial charge in [-0.3, -0.25) is 14.2 Å². The summed E-state index contributed by atoms with van der Waals surface area (Å²) < 4.78 is 19.4. The van der Waals surface area contributed by atoms with E-state index in [-0.39, 0.29) is 48.1 Å². The Morgan fingerprint density at radius 2 is 2.06 bits per heavy atom. The molecule has 0 saturated heterocycles. The number of benzene rings is 1. The molecule has 9 nitrogen and oxygen atoms in total. The van der Waals surface area contributed by atoms with Crippen molar-refractivity contribution in [2.45, 2.75) is 31.7 Å². The molecular formula is C20H20FN5O4S. The predicted molar refractivity (Wildman–Crippen MR) is 112 cm³/mol. The average Bonchev–Trinajstić information content (AvgIpc) is 3.20. The smallest absolute Gasteiger partial charge is 0.328 e. The van der Waals surface area contributed by atoms with Crippen LogP contribution in [0.2, 0.25) is 0 Å². The summed E-state index contributed by atoms with van der Waals surface area (Å²) >= 11 is 1.05. The summed E-state index contributed by atoms with van der Waals surface area (Å²) in [6.07, 6.45) is 1.50. The molecule has 3 rings (SSSR count). The number of nitrogens with zero attached hydrogens (tertiary/aromatic N) is 3. The molecule has 2 N–H and O–H groups in total. The van der Waals surface area contributed by atoms with E-state index in [4.69, 9.17) is 4.42 Å². The third-order valence-corrected chi connectivity index (χ3v) is 5.13. The maximum atomic E-state index is 12.9. The molecule has 0 aliphatic rings. The molecule has 0 spiro atoms. The fourth-order valence-electron chi connectivity index (χ4n) is 2.72. The average molecular weight is 445 g/mol. The van der Waals surface area contributed by atoms with Crippen molar-refractivity contribution >= 4 is 17.7 Å². The normalized spacial score (nSPS) is 10.8. The predicted octanol–water partition coefficient (Wildman–Crippen LogP) is 1.55. The number of allylic oxidation sites excluding steroid dienone is 1. The van der Waals surface area contributed by atoms with E-state index in [0.29, 0.717) is 11.3 Å². The van der Waals surface area contributed by atoms with E-state index in [2.05, 4.69) is 27.1 Å². The van der Waals surface area contributed by atoms with Crippen LogP contribution < -0.4 is 16.6 Å². The molecule has 0 fully saturated rings. The van der Waals surface area contributed by atoms with Crippen LogP contribution >= 0.6 is 11.8 Å². The maximum Gasteiger partial charge on any atom is 0.328 e. The Balaban J connectivity index is 1.58. The van der Waals surface area contributed by atoms with Crippen LogP contribution in [0.25, 0.3) is 0 Å². The molecule has 3 aromatic rings. The second-order valence-corrected chi connectivity index (χ2v) is 7.50. The molecule has 31 heavy (non-hydrogen) atoms. The van der Waals surface area contributed by atoms with E-state index in [9.17, 15) is 18.8 Å². The highest BCUT2D eigenvalue weighted by atomic mass is 32.2. The van der Waals surface area contributed by atoms with Crippen LogP contribution in [-0.2, 0) is 24.3 Å². The molecular weight excluding hydrogens is 425 g/mol. The zero-order chi connectivity index (χ0) is 22.4. The van der Waals surface area contributed by atoms with Crippen molar-refractivity contribution < 1.29 is 13.6 Å². The molecule has 0 radical (unpaired) electrons. The monoisotopic (exact) mass is 445 g/mol. The van der Waals surface area contributed by atoms with Crippen LogP contribution in [0.5, 0.6) is 0 Å². The van der Waals surface area contributed by atoms with E-state index in [1.807, 2.05) is 0 Å². The highest BCUT2D eigenvalue weighted by Gasteiger charge is 2.16. The summed E-state index contributed by atoms with van der Waals surface area (Å²) in [7, 11) is 0. The molecule has 1 aromatic carbocycles. The molecule has 0 aliphatic heterocycles. The van der Waals surface area contributed by atoms with Crippen LogP contribution in [0.3, 0.4) is 0 Å². The van der Waals surface area contributed by atoms with Crippen molar-refractivity contribution in [2.75, 3.05) is 5.75 Å². The van der Waals surface area contributed by atoms with Gasteiger partial charge in [-0.25, -0.2) is 9.18 Å². The van der Waals surface area contributed by atoms with Gasteiger partial charge in [0, 0.05) is 24.3 Å². The molecule has 0 bridgehead atoms. The molecule has 0 atom stereocenters. The lowest BCUT2D eigenvalue weighted by atomic mass is 10.1. The Kier molecular flexibility index (Phi) is 7.19. The first-order valence-corrected chi connectivity index (χ1v) is 10.3. The number of aromatic amines is 1. The zero-order valence-electron chi connectivity index (χ0n) is 16.7. The number of halogens is 1. The Morgan fingerprint density at radius 1 is 1.32 bits per heavy atom. The summed E-state index contributed by atoms with van der Waals surface area (Å²) in [5.74, 6) is -0.355. The van der Waals surface area contributed by atoms with Gasteiger partial charge in [0.2, 0.25) is 11.8 Å². The van der Waals surface area contributed by atoms with Gasteiger partial charge in [0.15, 0.2) is 0 Å². The molecule has 11 heteroatoms. The number of amides is 1. The Morgan fingerprint density at radius 3 is 2.77 bits per heavy atom. The van der Waals surface area contributed by atoms with E-state index in [0.717, 1.165) is 21.9 Å². The molecule has 2 heterocycles. The van der Waals surface area contributed by atoms with Gasteiger partial charge in [-0.1, -0.05) is 30.0 Å². The van der Waals surface area contributed by atoms with Gasteiger partial charge in [0.05, 0.1) is 12.2 Å². The van der Waals surface area contributed by atoms with E-state index < -0.39 is 11.2 Å². The number of carbonyl (C=O) groups excluding carboxylic acids is 1. The van der Waals surface area contributed by atoms with Crippen molar-refractivity contribution in [1.82, 2.24) is 25.1 Å². The van der Waals surface area contributed by atoms with Gasteiger partial charge in [0.1, 0.15) is 5.82 Å². The Hall–Kier alpha value is -3.47. The van der Waals surface area contributed by atoms with Crippen molar-refractivity contribution in [3.8, 4) is 0 Å². The van der Waals surface area contributed by atoms with Gasteiger partial charge in [0.25, 0.3) is 10.8 Å². The highest BCUT2D eigenvalue weighted by molar-refractivity contribution is 7.99. The second kappa shape index (κ2) is 10.0. The first kappa shape index (κ1) is 22.2. The van der Waals surface area contributed by atoms with Crippen LogP contribution in [0.1, 0.15) is 22.7 Å². The molecule has 1 amide bonds. The minimum absolute atomic E-state index is 0.0446. The fraction of sp³-hybridized carbons (Fsp3) is 0.250. The van der Waals surface area contributed by atoms with Crippen LogP contribution in [-0.4, -0.2) is 31.4 Å². The molecule has 0 saturated carbocycles. The third kappa shape index (κ3) is 5.79. The summed E-state index contributed by atoms with van der Waals surface area (Å²) in [4.78, 5) is 39.1. The first-order valence-electron chi connectivity index (χ1n) is 9.27. The summed E-state index contributed by atoms with van der Waals surface area (Å²) in [6, 6.07) is 5.84. The summed E-state index contributed by atoms with van der Waals surface area (Å²) in [5, 5.41) is 10.7. The quantitative estimate of drug-likeness (QED) is 0.378. The number of H-pyrrole nitrogens is 1. The molecule has 162 valence electrons. The van der Waals surface area contributed by atoms with Crippen molar-refractivity contribution in [3.05, 3.63) is 86.3 Å². The number of aromatic nitrogens is 4. The van der Waals surface area contributed by atoms with Gasteiger partial charge >= 0.3 is 5.69 Å². The van der Waals surface area contributed by atoms with Crippen molar-refractivity contribution in [3.63, 3.8) is 0 Å². The number of hydrogen-bond donors (Lipinski definition) is 2. The zero-order valence-corrected chi connectivity index (χ0v) is 17.5. The maximum absolute atomic E-state index is 12.9. The number of carbonyl (C=O) groups is 1. The van der Waals surface area contributed by atoms with Gasteiger partial charge in [-0.05, 0) is 24.6 Å². The summed E-state index contributed by atoms with van der Waals surface area (Å²) in [6.45, 7) is 5.52. The van der Waals surface area contributed by atoms with Crippen LogP contribution in [0.15, 0.2) is 56.1 Å². The Labute approximate surface area is 180 Å². The van der Waals surface area contributed by atoms with Gasteiger partial charge in [-0.2, -0.15) is 0 Å². The van der Waals surface area contributed by atoms with Crippen LogP contribution in [0.4, 0.5) is 4.39 Å². The van der Waals surface area contributed by atoms with E-state index in [1.165, 1.54) is 18.2 Å². The molecule has 0 aliphatic carbocycles. The first-order chi connectivity index (χ1) is 14.9. The number of aryl methyl sites for hydroxylation is 1. The third-order valence-electron chi connectivity index (χ3n) is 4.31. The number of hydrogen-bond acceptors (Lipinski definition) is 7. The molecule has 0 unspecified atom stereocenters.